The van der Waals surface area contributed by atoms with Gasteiger partial charge in [-0.2, -0.15) is 0 Å². The molecule has 7 heteroatoms. The van der Waals surface area contributed by atoms with Gasteiger partial charge in [0.1, 0.15) is 10.9 Å². The number of amides is 1. The minimum atomic E-state index is -0.108. The Morgan fingerprint density at radius 1 is 1.28 bits per heavy atom. The van der Waals surface area contributed by atoms with Crippen molar-refractivity contribution in [1.82, 2.24) is 4.90 Å². The molecule has 0 spiro atoms. The van der Waals surface area contributed by atoms with E-state index in [-0.39, 0.29) is 5.91 Å². The number of methoxy groups -OCH3 is 1. The zero-order chi connectivity index (χ0) is 21.0. The van der Waals surface area contributed by atoms with Crippen LogP contribution in [0, 0.1) is 0 Å². The first-order valence-corrected chi connectivity index (χ1v) is 10.4. The number of halogens is 1. The Morgan fingerprint density at radius 2 is 2.03 bits per heavy atom. The van der Waals surface area contributed by atoms with E-state index in [0.29, 0.717) is 38.8 Å². The molecule has 4 nitrogen and oxygen atoms in total. The molecule has 0 bridgehead atoms. The lowest BCUT2D eigenvalue weighted by molar-refractivity contribution is -0.121. The summed E-state index contributed by atoms with van der Waals surface area (Å²) in [5, 5.41) is 0.648. The Morgan fingerprint density at radius 3 is 2.66 bits per heavy atom. The summed E-state index contributed by atoms with van der Waals surface area (Å²) >= 11 is 12.7. The van der Waals surface area contributed by atoms with Gasteiger partial charge < -0.3 is 9.47 Å². The standard InChI is InChI=1S/C22H20ClNO3S2/c1-4-7-15-10-14(12-19-21(25)24(2)22(28)29-19)11-18(26-3)20(15)27-13-16-8-5-6-9-17(16)23/h4-6,8-12H,1,7,13H2,2-3H3/b19-12-. The van der Waals surface area contributed by atoms with Crippen molar-refractivity contribution in [2.75, 3.05) is 14.2 Å². The Kier molecular flexibility index (Phi) is 7.00. The number of hydrogen-bond donors (Lipinski definition) is 0. The number of carbonyl (C=O) groups is 1. The van der Waals surface area contributed by atoms with Crippen molar-refractivity contribution in [3.63, 3.8) is 0 Å². The lowest BCUT2D eigenvalue weighted by atomic mass is 10.0. The number of ether oxygens (including phenoxy) is 2. The van der Waals surface area contributed by atoms with E-state index in [2.05, 4.69) is 6.58 Å². The number of likely N-dealkylation sites (N-methyl/N-ethyl adjacent to an activating group) is 1. The summed E-state index contributed by atoms with van der Waals surface area (Å²) in [6, 6.07) is 11.4. The average Bonchev–Trinajstić information content (AvgIpc) is 2.95. The molecule has 0 aromatic heterocycles. The minimum Gasteiger partial charge on any atom is -0.493 e. The highest BCUT2D eigenvalue weighted by molar-refractivity contribution is 8.26. The molecule has 29 heavy (non-hydrogen) atoms. The molecule has 2 aromatic carbocycles. The van der Waals surface area contributed by atoms with Crippen LogP contribution in [0.4, 0.5) is 0 Å². The molecular weight excluding hydrogens is 426 g/mol. The van der Waals surface area contributed by atoms with Gasteiger partial charge in [0.15, 0.2) is 11.5 Å². The molecule has 1 aliphatic rings. The molecule has 1 amide bonds. The van der Waals surface area contributed by atoms with Gasteiger partial charge >= 0.3 is 0 Å². The molecule has 1 heterocycles. The first kappa shape index (κ1) is 21.4. The first-order valence-electron chi connectivity index (χ1n) is 8.84. The maximum absolute atomic E-state index is 12.3. The number of carbonyl (C=O) groups excluding carboxylic acids is 1. The molecule has 2 aromatic rings. The van der Waals surface area contributed by atoms with Crippen molar-refractivity contribution in [2.24, 2.45) is 0 Å². The third kappa shape index (κ3) is 4.83. The summed E-state index contributed by atoms with van der Waals surface area (Å²) in [6.07, 6.45) is 4.20. The summed E-state index contributed by atoms with van der Waals surface area (Å²) in [5.74, 6) is 1.10. The number of allylic oxidation sites excluding steroid dienone is 1. The highest BCUT2D eigenvalue weighted by Gasteiger charge is 2.28. The zero-order valence-corrected chi connectivity index (χ0v) is 18.5. The fourth-order valence-electron chi connectivity index (χ4n) is 2.85. The van der Waals surface area contributed by atoms with Crippen molar-refractivity contribution < 1.29 is 14.3 Å². The van der Waals surface area contributed by atoms with Gasteiger partial charge in [-0.15, -0.1) is 6.58 Å². The Bertz CT molecular complexity index is 1000. The van der Waals surface area contributed by atoms with Crippen LogP contribution in [-0.4, -0.2) is 29.3 Å². The molecule has 1 aliphatic heterocycles. The van der Waals surface area contributed by atoms with E-state index in [0.717, 1.165) is 16.7 Å². The molecule has 0 N–H and O–H groups in total. The van der Waals surface area contributed by atoms with E-state index in [1.807, 2.05) is 42.5 Å². The smallest absolute Gasteiger partial charge is 0.265 e. The molecule has 1 fully saturated rings. The fraction of sp³-hybridized carbons (Fsp3) is 0.182. The molecule has 150 valence electrons. The lowest BCUT2D eigenvalue weighted by Gasteiger charge is -2.16. The Hall–Kier alpha value is -2.28. The Labute approximate surface area is 185 Å². The summed E-state index contributed by atoms with van der Waals surface area (Å²) in [5.41, 5.74) is 2.62. The Balaban J connectivity index is 1.95. The molecule has 0 unspecified atom stereocenters. The largest absolute Gasteiger partial charge is 0.493 e. The van der Waals surface area contributed by atoms with Crippen molar-refractivity contribution >= 4 is 51.9 Å². The molecule has 1 saturated heterocycles. The van der Waals surface area contributed by atoms with E-state index < -0.39 is 0 Å². The van der Waals surface area contributed by atoms with E-state index >= 15 is 0 Å². The first-order chi connectivity index (χ1) is 13.9. The second-order valence-electron chi connectivity index (χ2n) is 6.33. The van der Waals surface area contributed by atoms with Crippen LogP contribution < -0.4 is 9.47 Å². The second kappa shape index (κ2) is 9.48. The van der Waals surface area contributed by atoms with Gasteiger partial charge in [-0.3, -0.25) is 9.69 Å². The average molecular weight is 446 g/mol. The van der Waals surface area contributed by atoms with Crippen LogP contribution in [0.3, 0.4) is 0 Å². The van der Waals surface area contributed by atoms with Crippen molar-refractivity contribution in [2.45, 2.75) is 13.0 Å². The fourth-order valence-corrected chi connectivity index (χ4v) is 4.22. The van der Waals surface area contributed by atoms with Crippen LogP contribution in [0.2, 0.25) is 5.02 Å². The molecular formula is C22H20ClNO3S2. The van der Waals surface area contributed by atoms with Crippen molar-refractivity contribution in [1.29, 1.82) is 0 Å². The lowest BCUT2D eigenvalue weighted by Crippen LogP contribution is -2.22. The number of rotatable bonds is 7. The monoisotopic (exact) mass is 445 g/mol. The van der Waals surface area contributed by atoms with Crippen molar-refractivity contribution in [3.05, 3.63) is 75.7 Å². The topological polar surface area (TPSA) is 38.8 Å². The number of nitrogens with zero attached hydrogens (tertiary/aromatic N) is 1. The number of thioether (sulfide) groups is 1. The summed E-state index contributed by atoms with van der Waals surface area (Å²) < 4.78 is 12.2. The third-order valence-corrected chi connectivity index (χ3v) is 6.21. The molecule has 0 aliphatic carbocycles. The van der Waals surface area contributed by atoms with E-state index in [1.165, 1.54) is 16.7 Å². The third-order valence-electron chi connectivity index (χ3n) is 4.35. The molecule has 0 atom stereocenters. The molecule has 3 rings (SSSR count). The summed E-state index contributed by atoms with van der Waals surface area (Å²) in [4.78, 5) is 14.4. The maximum atomic E-state index is 12.3. The van der Waals surface area contributed by atoms with Crippen LogP contribution in [0.5, 0.6) is 11.5 Å². The highest BCUT2D eigenvalue weighted by atomic mass is 35.5. The second-order valence-corrected chi connectivity index (χ2v) is 8.41. The quantitative estimate of drug-likeness (QED) is 0.320. The van der Waals surface area contributed by atoms with E-state index in [9.17, 15) is 4.79 Å². The van der Waals surface area contributed by atoms with E-state index in [4.69, 9.17) is 33.3 Å². The SMILES string of the molecule is C=CCc1cc(/C=C2\SC(=S)N(C)C2=O)cc(OC)c1OCc1ccccc1Cl. The number of thiocarbonyl (C=S) groups is 1. The number of benzene rings is 2. The van der Waals surface area contributed by atoms with Crippen LogP contribution in [0.25, 0.3) is 6.08 Å². The minimum absolute atomic E-state index is 0.108. The van der Waals surface area contributed by atoms with Gasteiger partial charge in [-0.05, 0) is 36.3 Å². The zero-order valence-electron chi connectivity index (χ0n) is 16.1. The van der Waals surface area contributed by atoms with Gasteiger partial charge in [0.25, 0.3) is 5.91 Å². The normalized spacial score (nSPS) is 15.1. The van der Waals surface area contributed by atoms with Crippen LogP contribution in [0.15, 0.2) is 54.0 Å². The van der Waals surface area contributed by atoms with Gasteiger partial charge in [-0.1, -0.05) is 59.9 Å². The summed E-state index contributed by atoms with van der Waals surface area (Å²) in [7, 11) is 3.26. The molecule has 0 radical (unpaired) electrons. The van der Waals surface area contributed by atoms with Crippen LogP contribution >= 0.6 is 35.6 Å². The number of hydrogen-bond acceptors (Lipinski definition) is 5. The predicted molar refractivity (Wildman–Crippen MR) is 124 cm³/mol. The van der Waals surface area contributed by atoms with Crippen LogP contribution in [0.1, 0.15) is 16.7 Å². The van der Waals surface area contributed by atoms with Gasteiger partial charge in [0, 0.05) is 23.2 Å². The van der Waals surface area contributed by atoms with Gasteiger partial charge in [-0.25, -0.2) is 0 Å². The predicted octanol–water partition coefficient (Wildman–Crippen LogP) is 5.49. The van der Waals surface area contributed by atoms with Crippen LogP contribution in [-0.2, 0) is 17.8 Å². The van der Waals surface area contributed by atoms with E-state index in [1.54, 1.807) is 20.2 Å². The highest BCUT2D eigenvalue weighted by Crippen LogP contribution is 2.37. The molecule has 0 saturated carbocycles. The maximum Gasteiger partial charge on any atom is 0.265 e. The van der Waals surface area contributed by atoms with Gasteiger partial charge in [0.2, 0.25) is 0 Å². The van der Waals surface area contributed by atoms with Gasteiger partial charge in [0.05, 0.1) is 12.0 Å². The van der Waals surface area contributed by atoms with Crippen molar-refractivity contribution in [3.8, 4) is 11.5 Å². The summed E-state index contributed by atoms with van der Waals surface area (Å²) in [6.45, 7) is 4.15.